The summed E-state index contributed by atoms with van der Waals surface area (Å²) in [5, 5.41) is 9.51. The Kier molecular flexibility index (Phi) is 9.46. The lowest BCUT2D eigenvalue weighted by Crippen LogP contribution is -2.21. The van der Waals surface area contributed by atoms with Gasteiger partial charge in [-0.3, -0.25) is 9.59 Å². The number of methoxy groups -OCH3 is 1. The van der Waals surface area contributed by atoms with E-state index >= 15 is 0 Å². The Morgan fingerprint density at radius 3 is 2.34 bits per heavy atom. The molecule has 0 aliphatic heterocycles. The van der Waals surface area contributed by atoms with Crippen LogP contribution in [0.2, 0.25) is 0 Å². The Morgan fingerprint density at radius 1 is 0.971 bits per heavy atom. The Labute approximate surface area is 214 Å². The van der Waals surface area contributed by atoms with Crippen LogP contribution >= 0.6 is 23.5 Å². The lowest BCUT2D eigenvalue weighted by Gasteiger charge is -2.18. The molecule has 0 aromatic heterocycles. The summed E-state index contributed by atoms with van der Waals surface area (Å²) in [6, 6.07) is 19.8. The number of carbonyl (C=O) groups excluding carboxylic acids is 1. The second kappa shape index (κ2) is 12.5. The second-order valence-corrected chi connectivity index (χ2v) is 10.1. The van der Waals surface area contributed by atoms with E-state index in [9.17, 15) is 9.59 Å². The summed E-state index contributed by atoms with van der Waals surface area (Å²) in [6.07, 6.45) is -0.128. The van der Waals surface area contributed by atoms with E-state index in [1.54, 1.807) is 48.2 Å². The number of thioether (sulfide) groups is 1. The third kappa shape index (κ3) is 7.67. The first kappa shape index (κ1) is 26.4. The molecule has 0 heterocycles. The van der Waals surface area contributed by atoms with Gasteiger partial charge in [0.05, 0.1) is 20.1 Å². The predicted octanol–water partition coefficient (Wildman–Crippen LogP) is 6.55. The Balaban J connectivity index is 1.89. The molecule has 184 valence electrons. The van der Waals surface area contributed by atoms with E-state index in [0.29, 0.717) is 39.4 Å². The molecule has 35 heavy (non-hydrogen) atoms. The molecule has 6 nitrogen and oxygen atoms in total. The van der Waals surface area contributed by atoms with Gasteiger partial charge in [0.15, 0.2) is 11.5 Å². The van der Waals surface area contributed by atoms with Crippen LogP contribution in [0.1, 0.15) is 40.9 Å². The van der Waals surface area contributed by atoms with Crippen molar-refractivity contribution in [2.45, 2.75) is 37.8 Å². The van der Waals surface area contributed by atoms with Crippen molar-refractivity contribution < 1.29 is 24.2 Å². The van der Waals surface area contributed by atoms with Gasteiger partial charge in [-0.15, -0.1) is 0 Å². The number of hydrogen-bond acceptors (Lipinski definition) is 5. The van der Waals surface area contributed by atoms with Gasteiger partial charge in [-0.05, 0) is 46.7 Å². The molecule has 3 aromatic rings. The Bertz CT molecular complexity index is 1170. The van der Waals surface area contributed by atoms with Crippen molar-refractivity contribution in [1.29, 1.82) is 0 Å². The van der Waals surface area contributed by atoms with Crippen LogP contribution in [-0.2, 0) is 23.5 Å². The molecule has 0 bridgehead atoms. The Hall–Kier alpha value is -3.16. The smallest absolute Gasteiger partial charge is 0.307 e. The number of carboxylic acid groups (broad SMARTS) is 1. The van der Waals surface area contributed by atoms with Gasteiger partial charge in [-0.25, -0.2) is 4.42 Å². The van der Waals surface area contributed by atoms with Gasteiger partial charge in [0, 0.05) is 28.7 Å². The fraction of sp³-hybridized carbons (Fsp3) is 0.259. The average Bonchev–Trinajstić information content (AvgIpc) is 2.83. The quantitative estimate of drug-likeness (QED) is 0.293. The summed E-state index contributed by atoms with van der Waals surface area (Å²) < 4.78 is 12.8. The normalized spacial score (nSPS) is 10.8. The number of rotatable bonds is 11. The van der Waals surface area contributed by atoms with Gasteiger partial charge < -0.3 is 14.6 Å². The molecule has 0 unspecified atom stereocenters. The Morgan fingerprint density at radius 2 is 1.69 bits per heavy atom. The maximum Gasteiger partial charge on any atom is 0.307 e. The highest BCUT2D eigenvalue weighted by molar-refractivity contribution is 7.99. The number of ether oxygens (including phenoxy) is 2. The maximum absolute atomic E-state index is 13.0. The minimum Gasteiger partial charge on any atom is -0.493 e. The average molecular weight is 514 g/mol. The third-order valence-electron chi connectivity index (χ3n) is 5.07. The van der Waals surface area contributed by atoms with Gasteiger partial charge >= 0.3 is 5.97 Å². The molecule has 1 amide bonds. The van der Waals surface area contributed by atoms with E-state index in [4.69, 9.17) is 26.4 Å². The number of aliphatic carboxylic acids is 1. The van der Waals surface area contributed by atoms with Crippen molar-refractivity contribution in [3.8, 4) is 17.2 Å². The second-order valence-electron chi connectivity index (χ2n) is 8.15. The minimum atomic E-state index is -0.931. The van der Waals surface area contributed by atoms with E-state index in [2.05, 4.69) is 13.8 Å². The van der Waals surface area contributed by atoms with Crippen molar-refractivity contribution in [2.75, 3.05) is 7.11 Å². The summed E-state index contributed by atoms with van der Waals surface area (Å²) in [4.78, 5) is 24.2. The van der Waals surface area contributed by atoms with Gasteiger partial charge in [0.2, 0.25) is 0 Å². The number of benzene rings is 3. The highest BCUT2D eigenvalue weighted by Crippen LogP contribution is 2.36. The summed E-state index contributed by atoms with van der Waals surface area (Å²) >= 11 is 8.05. The number of halogens is 1. The van der Waals surface area contributed by atoms with Crippen LogP contribution in [0, 0.1) is 0 Å². The first-order valence-electron chi connectivity index (χ1n) is 11.1. The van der Waals surface area contributed by atoms with Gasteiger partial charge in [-0.1, -0.05) is 50.2 Å². The van der Waals surface area contributed by atoms with E-state index in [-0.39, 0.29) is 18.9 Å². The van der Waals surface area contributed by atoms with Gasteiger partial charge in [0.25, 0.3) is 5.91 Å². The van der Waals surface area contributed by atoms with Crippen molar-refractivity contribution in [3.63, 3.8) is 0 Å². The van der Waals surface area contributed by atoms with Crippen LogP contribution in [0.5, 0.6) is 17.2 Å². The lowest BCUT2D eigenvalue weighted by molar-refractivity contribution is -0.136. The zero-order valence-corrected chi connectivity index (χ0v) is 21.4. The molecule has 0 atom stereocenters. The minimum absolute atomic E-state index is 0.128. The molecule has 0 saturated carbocycles. The highest BCUT2D eigenvalue weighted by Gasteiger charge is 2.18. The van der Waals surface area contributed by atoms with Crippen molar-refractivity contribution in [3.05, 3.63) is 89.0 Å². The van der Waals surface area contributed by atoms with E-state index in [0.717, 1.165) is 11.1 Å². The first-order chi connectivity index (χ1) is 16.8. The lowest BCUT2D eigenvalue weighted by atomic mass is 10.1. The molecule has 0 saturated heterocycles. The fourth-order valence-electron chi connectivity index (χ4n) is 3.34. The SMILES string of the molecule is COc1ccc(CC(=O)O)cc1Oc1ccc(C(=O)N(Cl)Cc2ccccc2)cc1CSC(C)C. The molecule has 3 aromatic carbocycles. The molecule has 1 N–H and O–H groups in total. The number of nitrogens with zero attached hydrogens (tertiary/aromatic N) is 1. The number of carboxylic acids is 1. The predicted molar refractivity (Wildman–Crippen MR) is 139 cm³/mol. The first-order valence-corrected chi connectivity index (χ1v) is 12.5. The van der Waals surface area contributed by atoms with E-state index in [1.165, 1.54) is 11.5 Å². The van der Waals surface area contributed by atoms with Crippen LogP contribution in [-0.4, -0.2) is 33.8 Å². The van der Waals surface area contributed by atoms with Crippen molar-refractivity contribution in [2.24, 2.45) is 0 Å². The summed E-state index contributed by atoms with van der Waals surface area (Å²) in [6.45, 7) is 4.47. The molecule has 3 rings (SSSR count). The van der Waals surface area contributed by atoms with Crippen LogP contribution in [0.25, 0.3) is 0 Å². The largest absolute Gasteiger partial charge is 0.493 e. The standard InChI is InChI=1S/C27H28ClNO5S/c1-18(2)35-17-22-15-21(27(32)29(28)16-19-7-5-4-6-8-19)10-12-23(22)34-25-13-20(14-26(30)31)9-11-24(25)33-3/h4-13,15,18H,14,16-17H2,1-3H3,(H,30,31). The molecule has 0 radical (unpaired) electrons. The molecule has 8 heteroatoms. The zero-order chi connectivity index (χ0) is 25.4. The van der Waals surface area contributed by atoms with Crippen molar-refractivity contribution >= 4 is 35.4 Å². The van der Waals surface area contributed by atoms with E-state index < -0.39 is 5.97 Å². The van der Waals surface area contributed by atoms with Crippen molar-refractivity contribution in [1.82, 2.24) is 4.42 Å². The fourth-order valence-corrected chi connectivity index (χ4v) is 4.31. The van der Waals surface area contributed by atoms with Gasteiger partial charge in [-0.2, -0.15) is 11.8 Å². The third-order valence-corrected chi connectivity index (χ3v) is 6.48. The van der Waals surface area contributed by atoms with E-state index in [1.807, 2.05) is 30.3 Å². The number of carbonyl (C=O) groups is 2. The number of hydrogen-bond donors (Lipinski definition) is 1. The summed E-state index contributed by atoms with van der Waals surface area (Å²) in [5.41, 5.74) is 2.80. The number of amides is 1. The van der Waals surface area contributed by atoms with Crippen LogP contribution in [0.3, 0.4) is 0 Å². The summed E-state index contributed by atoms with van der Waals surface area (Å²) in [7, 11) is 1.53. The molecule has 0 aliphatic carbocycles. The highest BCUT2D eigenvalue weighted by atomic mass is 35.5. The molecule has 0 spiro atoms. The van der Waals surface area contributed by atoms with Crippen LogP contribution in [0.4, 0.5) is 0 Å². The molecule has 0 fully saturated rings. The maximum atomic E-state index is 13.0. The monoisotopic (exact) mass is 513 g/mol. The van der Waals surface area contributed by atoms with Gasteiger partial charge in [0.1, 0.15) is 5.75 Å². The molecule has 0 aliphatic rings. The molecular weight excluding hydrogens is 486 g/mol. The topological polar surface area (TPSA) is 76.1 Å². The molecular formula is C27H28ClNO5S. The van der Waals surface area contributed by atoms with Crippen LogP contribution in [0.15, 0.2) is 66.7 Å². The van der Waals surface area contributed by atoms with Crippen LogP contribution < -0.4 is 9.47 Å². The summed E-state index contributed by atoms with van der Waals surface area (Å²) in [5.74, 6) is 0.829. The zero-order valence-electron chi connectivity index (χ0n) is 19.9.